The van der Waals surface area contributed by atoms with Gasteiger partial charge in [0, 0.05) is 18.2 Å². The van der Waals surface area contributed by atoms with Gasteiger partial charge in [-0.2, -0.15) is 0 Å². The van der Waals surface area contributed by atoms with E-state index in [1.165, 1.54) is 0 Å². The molecule has 128 valence electrons. The van der Waals surface area contributed by atoms with Crippen molar-refractivity contribution in [1.82, 2.24) is 0 Å². The summed E-state index contributed by atoms with van der Waals surface area (Å²) in [5, 5.41) is 0.677. The molecule has 4 rings (SSSR count). The smallest absolute Gasteiger partial charge is 0.261 e. The van der Waals surface area contributed by atoms with Crippen LogP contribution in [0, 0.1) is 6.92 Å². The second-order valence-electron chi connectivity index (χ2n) is 6.26. The minimum absolute atomic E-state index is 0.0562. The highest BCUT2D eigenvalue weighted by atomic mass is 32.2. The highest BCUT2D eigenvalue weighted by Gasteiger charge is 2.25. The second-order valence-corrected chi connectivity index (χ2v) is 7.94. The number of Topliss-reactive ketones (excluding diaryl/α,β-unsaturated/α-hetero) is 1. The average molecular weight is 355 g/mol. The lowest BCUT2D eigenvalue weighted by Crippen LogP contribution is -2.13. The van der Waals surface area contributed by atoms with Gasteiger partial charge in [0.15, 0.2) is 5.78 Å². The standard InChI is InChI=1S/C19H17NO4S/c1-12-10-18-14(19-16(21)8-5-9-17(19)24-18)11-15(12)20-25(22,23)13-6-3-2-4-7-13/h2-4,6-7,10-11,20H,5,8-9H2,1H3. The summed E-state index contributed by atoms with van der Waals surface area (Å²) >= 11 is 0. The predicted molar refractivity (Wildman–Crippen MR) is 95.5 cm³/mol. The van der Waals surface area contributed by atoms with E-state index < -0.39 is 10.0 Å². The molecule has 0 atom stereocenters. The Hall–Kier alpha value is -2.60. The van der Waals surface area contributed by atoms with E-state index in [1.54, 1.807) is 42.5 Å². The second kappa shape index (κ2) is 5.74. The van der Waals surface area contributed by atoms with Crippen molar-refractivity contribution in [3.8, 4) is 0 Å². The maximum absolute atomic E-state index is 12.6. The molecule has 6 heteroatoms. The Morgan fingerprint density at radius 3 is 2.60 bits per heavy atom. The van der Waals surface area contributed by atoms with Gasteiger partial charge in [0.2, 0.25) is 0 Å². The maximum atomic E-state index is 12.6. The van der Waals surface area contributed by atoms with Crippen molar-refractivity contribution in [2.24, 2.45) is 0 Å². The fraction of sp³-hybridized carbons (Fsp3) is 0.211. The molecule has 0 amide bonds. The fourth-order valence-electron chi connectivity index (χ4n) is 3.22. The van der Waals surface area contributed by atoms with Crippen LogP contribution in [0.2, 0.25) is 0 Å². The Bertz CT molecular complexity index is 1080. The van der Waals surface area contributed by atoms with Crippen LogP contribution in [0.15, 0.2) is 51.8 Å². The number of ketones is 1. The number of hydrogen-bond acceptors (Lipinski definition) is 4. The van der Waals surface area contributed by atoms with Crippen molar-refractivity contribution in [1.29, 1.82) is 0 Å². The summed E-state index contributed by atoms with van der Waals surface area (Å²) in [7, 11) is -3.69. The number of hydrogen-bond donors (Lipinski definition) is 1. The first-order valence-corrected chi connectivity index (χ1v) is 9.61. The summed E-state index contributed by atoms with van der Waals surface area (Å²) in [5.41, 5.74) is 2.42. The molecule has 1 aliphatic carbocycles. The number of sulfonamides is 1. The van der Waals surface area contributed by atoms with Crippen LogP contribution in [0.25, 0.3) is 11.0 Å². The van der Waals surface area contributed by atoms with E-state index in [0.29, 0.717) is 34.4 Å². The number of anilines is 1. The number of carbonyl (C=O) groups is 1. The van der Waals surface area contributed by atoms with Crippen molar-refractivity contribution in [3.05, 3.63) is 59.4 Å². The summed E-state index contributed by atoms with van der Waals surface area (Å²) in [6, 6.07) is 11.7. The highest BCUT2D eigenvalue weighted by molar-refractivity contribution is 7.92. The van der Waals surface area contributed by atoms with Gasteiger partial charge in [0.1, 0.15) is 11.3 Å². The SMILES string of the molecule is Cc1cc2oc3c(c2cc1NS(=O)(=O)c1ccccc1)C(=O)CCC3. The van der Waals surface area contributed by atoms with Crippen LogP contribution in [-0.2, 0) is 16.4 Å². The molecule has 5 nitrogen and oxygen atoms in total. The molecule has 0 saturated carbocycles. The molecule has 1 aliphatic rings. The minimum Gasteiger partial charge on any atom is -0.460 e. The quantitative estimate of drug-likeness (QED) is 0.768. The van der Waals surface area contributed by atoms with Gasteiger partial charge in [-0.3, -0.25) is 9.52 Å². The highest BCUT2D eigenvalue weighted by Crippen LogP contribution is 2.35. The van der Waals surface area contributed by atoms with Gasteiger partial charge in [-0.15, -0.1) is 0 Å². The Labute approximate surface area is 145 Å². The van der Waals surface area contributed by atoms with Crippen molar-refractivity contribution in [2.75, 3.05) is 4.72 Å². The van der Waals surface area contributed by atoms with E-state index in [-0.39, 0.29) is 10.7 Å². The lowest BCUT2D eigenvalue weighted by molar-refractivity contribution is 0.0971. The van der Waals surface area contributed by atoms with Crippen LogP contribution in [0.5, 0.6) is 0 Å². The first-order chi connectivity index (χ1) is 12.0. The van der Waals surface area contributed by atoms with Gasteiger partial charge >= 0.3 is 0 Å². The Balaban J connectivity index is 1.82. The Morgan fingerprint density at radius 2 is 1.84 bits per heavy atom. The number of furan rings is 1. The van der Waals surface area contributed by atoms with E-state index in [0.717, 1.165) is 18.4 Å². The molecule has 1 aromatic heterocycles. The zero-order valence-electron chi connectivity index (χ0n) is 13.7. The number of benzene rings is 2. The monoisotopic (exact) mass is 355 g/mol. The molecule has 1 N–H and O–H groups in total. The predicted octanol–water partition coefficient (Wildman–Crippen LogP) is 4.06. The van der Waals surface area contributed by atoms with E-state index in [4.69, 9.17) is 4.42 Å². The largest absolute Gasteiger partial charge is 0.460 e. The molecule has 0 spiro atoms. The number of nitrogens with one attached hydrogen (secondary N) is 1. The lowest BCUT2D eigenvalue weighted by Gasteiger charge is -2.11. The third-order valence-corrected chi connectivity index (χ3v) is 5.87. The van der Waals surface area contributed by atoms with E-state index >= 15 is 0 Å². The zero-order valence-corrected chi connectivity index (χ0v) is 14.5. The first-order valence-electron chi connectivity index (χ1n) is 8.13. The van der Waals surface area contributed by atoms with Crippen molar-refractivity contribution in [2.45, 2.75) is 31.1 Å². The molecular weight excluding hydrogens is 338 g/mol. The summed E-state index contributed by atoms with van der Waals surface area (Å²) in [4.78, 5) is 12.5. The Morgan fingerprint density at radius 1 is 1.08 bits per heavy atom. The van der Waals surface area contributed by atoms with Gasteiger partial charge in [0.05, 0.1) is 16.1 Å². The lowest BCUT2D eigenvalue weighted by atomic mass is 9.94. The molecule has 0 fully saturated rings. The molecule has 1 heterocycles. The minimum atomic E-state index is -3.69. The maximum Gasteiger partial charge on any atom is 0.261 e. The van der Waals surface area contributed by atoms with Crippen LogP contribution in [0.3, 0.4) is 0 Å². The number of fused-ring (bicyclic) bond motifs is 3. The molecule has 0 saturated heterocycles. The summed E-state index contributed by atoms with van der Waals surface area (Å²) in [6.07, 6.45) is 2.03. The molecular formula is C19H17NO4S. The van der Waals surface area contributed by atoms with Gasteiger partial charge in [-0.05, 0) is 43.2 Å². The first kappa shape index (κ1) is 15.9. The molecule has 0 bridgehead atoms. The third-order valence-electron chi connectivity index (χ3n) is 4.49. The van der Waals surface area contributed by atoms with E-state index in [9.17, 15) is 13.2 Å². The van der Waals surface area contributed by atoms with E-state index in [1.807, 2.05) is 6.92 Å². The molecule has 0 unspecified atom stereocenters. The normalized spacial score (nSPS) is 14.5. The summed E-state index contributed by atoms with van der Waals surface area (Å²) < 4.78 is 33.6. The number of aryl methyl sites for hydroxylation is 2. The number of carbonyl (C=O) groups excluding carboxylic acids is 1. The van der Waals surface area contributed by atoms with Crippen molar-refractivity contribution >= 4 is 32.5 Å². The Kier molecular flexibility index (Phi) is 3.65. The van der Waals surface area contributed by atoms with Crippen LogP contribution in [0.4, 0.5) is 5.69 Å². The topological polar surface area (TPSA) is 76.4 Å². The van der Waals surface area contributed by atoms with Crippen LogP contribution < -0.4 is 4.72 Å². The van der Waals surface area contributed by atoms with Gasteiger partial charge in [-0.1, -0.05) is 18.2 Å². The van der Waals surface area contributed by atoms with Crippen LogP contribution in [-0.4, -0.2) is 14.2 Å². The van der Waals surface area contributed by atoms with Crippen molar-refractivity contribution in [3.63, 3.8) is 0 Å². The van der Waals surface area contributed by atoms with Crippen LogP contribution >= 0.6 is 0 Å². The molecule has 25 heavy (non-hydrogen) atoms. The summed E-state index contributed by atoms with van der Waals surface area (Å²) in [5.74, 6) is 0.759. The molecule has 3 aromatic rings. The van der Waals surface area contributed by atoms with Gasteiger partial charge < -0.3 is 4.42 Å². The summed E-state index contributed by atoms with van der Waals surface area (Å²) in [6.45, 7) is 1.81. The fourth-order valence-corrected chi connectivity index (χ4v) is 4.37. The van der Waals surface area contributed by atoms with Gasteiger partial charge in [-0.25, -0.2) is 8.42 Å². The van der Waals surface area contributed by atoms with Crippen molar-refractivity contribution < 1.29 is 17.6 Å². The number of rotatable bonds is 3. The molecule has 0 radical (unpaired) electrons. The molecule has 2 aromatic carbocycles. The van der Waals surface area contributed by atoms with Crippen LogP contribution in [0.1, 0.15) is 34.5 Å². The average Bonchev–Trinajstić information content (AvgIpc) is 2.94. The van der Waals surface area contributed by atoms with E-state index in [2.05, 4.69) is 4.72 Å². The van der Waals surface area contributed by atoms with Gasteiger partial charge in [0.25, 0.3) is 10.0 Å². The zero-order chi connectivity index (χ0) is 17.6. The molecule has 0 aliphatic heterocycles. The third kappa shape index (κ3) is 2.72.